The molecule has 4 saturated heterocycles. The summed E-state index contributed by atoms with van der Waals surface area (Å²) in [5.74, 6) is -0.792. The van der Waals surface area contributed by atoms with Crippen molar-refractivity contribution in [2.75, 3.05) is 63.2 Å². The van der Waals surface area contributed by atoms with E-state index >= 15 is 0 Å². The molecule has 324 valence electrons. The Morgan fingerprint density at radius 1 is 0.948 bits per heavy atom. The molecule has 2 aromatic rings. The van der Waals surface area contributed by atoms with Crippen molar-refractivity contribution in [2.45, 2.75) is 55.2 Å². The molecule has 6 aliphatic heterocycles. The number of piperazine rings is 3. The van der Waals surface area contributed by atoms with E-state index in [1.54, 1.807) is 17.9 Å². The number of alkyl halides is 6. The first-order valence-corrected chi connectivity index (χ1v) is 21.9. The van der Waals surface area contributed by atoms with E-state index in [4.69, 9.17) is 31.7 Å². The van der Waals surface area contributed by atoms with Crippen LogP contribution in [0.1, 0.15) is 26.3 Å². The van der Waals surface area contributed by atoms with Gasteiger partial charge >= 0.3 is 11.0 Å². The number of carbonyl (C=O) groups is 2. The second-order valence-corrected chi connectivity index (χ2v) is 19.8. The molecule has 4 fully saturated rings. The number of hydrogen-bond acceptors (Lipinski definition) is 11. The third kappa shape index (κ3) is 8.27. The Hall–Kier alpha value is -3.59. The number of aliphatic hydroxyl groups excluding tert-OH is 1. The van der Waals surface area contributed by atoms with Crippen molar-refractivity contribution in [3.8, 4) is 0 Å². The van der Waals surface area contributed by atoms with Crippen LogP contribution in [0.3, 0.4) is 0 Å². The Bertz CT molecular complexity index is 2310. The molecule has 0 aliphatic carbocycles. The van der Waals surface area contributed by atoms with Crippen LogP contribution in [0, 0.1) is 11.8 Å². The Kier molecular flexibility index (Phi) is 11.9. The van der Waals surface area contributed by atoms with Crippen molar-refractivity contribution in [3.05, 3.63) is 47.2 Å². The smallest absolute Gasteiger partial charge is 0.485 e. The van der Waals surface area contributed by atoms with E-state index in [9.17, 15) is 49.5 Å². The predicted octanol–water partition coefficient (Wildman–Crippen LogP) is 1.27. The third-order valence-corrected chi connectivity index (χ3v) is 14.8. The lowest BCUT2D eigenvalue weighted by atomic mass is 9.78. The lowest BCUT2D eigenvalue weighted by Gasteiger charge is -2.55. The second-order valence-electron chi connectivity index (χ2n) is 15.2. The maximum absolute atomic E-state index is 14.0. The average molecular weight is 894 g/mol. The predicted molar refractivity (Wildman–Crippen MR) is 190 cm³/mol. The van der Waals surface area contributed by atoms with Gasteiger partial charge in [-0.2, -0.15) is 26.3 Å². The van der Waals surface area contributed by atoms with E-state index in [1.807, 2.05) is 38.1 Å². The Morgan fingerprint density at radius 3 is 1.91 bits per heavy atom. The van der Waals surface area contributed by atoms with Crippen LogP contribution in [0.4, 0.5) is 32.0 Å². The summed E-state index contributed by atoms with van der Waals surface area (Å²) < 4.78 is 149. The Morgan fingerprint density at radius 2 is 1.45 bits per heavy atom. The summed E-state index contributed by atoms with van der Waals surface area (Å²) in [7, 11) is -15.9. The first-order valence-electron chi connectivity index (χ1n) is 17.7. The summed E-state index contributed by atoms with van der Waals surface area (Å²) in [6.07, 6.45) is 0.120. The van der Waals surface area contributed by atoms with Gasteiger partial charge in [-0.25, -0.2) is 25.3 Å². The minimum Gasteiger partial charge on any atom is -0.741 e. The van der Waals surface area contributed by atoms with Gasteiger partial charge in [0.15, 0.2) is 26.8 Å². The monoisotopic (exact) mass is 893 g/mol. The molecule has 6 aliphatic rings. The Balaban J connectivity index is 0.000000339. The fourth-order valence-electron chi connectivity index (χ4n) is 8.73. The van der Waals surface area contributed by atoms with Crippen molar-refractivity contribution < 1.29 is 84.4 Å². The van der Waals surface area contributed by atoms with Crippen LogP contribution in [0.15, 0.2) is 46.5 Å². The minimum atomic E-state index is -6.09. The fraction of sp³-hybridized carbons (Fsp3) is 0.576. The zero-order chi connectivity index (χ0) is 43.8. The van der Waals surface area contributed by atoms with E-state index in [-0.39, 0.29) is 30.3 Å². The van der Waals surface area contributed by atoms with Crippen molar-refractivity contribution >= 4 is 58.5 Å². The first kappa shape index (κ1) is 45.5. The van der Waals surface area contributed by atoms with Gasteiger partial charge in [0.05, 0.1) is 41.7 Å². The normalized spacial score (nSPS) is 28.0. The van der Waals surface area contributed by atoms with Crippen LogP contribution in [0.5, 0.6) is 0 Å². The number of β-lactam (4-membered cyclic amide) rings is 1. The molecule has 16 nitrogen and oxygen atoms in total. The number of anilines is 1. The summed E-state index contributed by atoms with van der Waals surface area (Å²) in [4.78, 5) is 26.5. The number of quaternary nitrogens is 2. The highest BCUT2D eigenvalue weighted by Crippen LogP contribution is 2.49. The van der Waals surface area contributed by atoms with Crippen LogP contribution in [-0.2, 0) is 46.3 Å². The van der Waals surface area contributed by atoms with Crippen LogP contribution < -0.4 is 10.0 Å². The maximum Gasteiger partial charge on any atom is 0.485 e. The number of carbonyl (C=O) groups excluding carboxylic acids is 2. The Labute approximate surface area is 330 Å². The molecule has 58 heavy (non-hydrogen) atoms. The van der Waals surface area contributed by atoms with E-state index in [1.165, 1.54) is 4.31 Å². The van der Waals surface area contributed by atoms with Crippen LogP contribution in [0.25, 0.3) is 10.8 Å². The molecule has 0 radical (unpaired) electrons. The van der Waals surface area contributed by atoms with Crippen molar-refractivity contribution in [3.63, 3.8) is 0 Å². The lowest BCUT2D eigenvalue weighted by molar-refractivity contribution is -1.08. The standard InChI is InChI=1S/C31H40N5O5S.2CHF3O3S/c1-19-24(20(2)34-30(19)28(21(3)37)31(34)39)17-33-25-6-4-5-23-22(7-8-26(29(23)25)42(33,40)41)9-10-35-11-14-36(15-12-35,16-13-35)18-27(32)38;2*2-1(3,4)8(5,6)7/h4-8,19,21,28,30,37H,9-18H2,1-3H3,(H-,32,38);2*(H,5,6,7)/q+1;;/p-1/t19-,21+,28+,30+,35?,36?;;/m0../s1. The van der Waals surface area contributed by atoms with Gasteiger partial charge in [0, 0.05) is 23.4 Å². The van der Waals surface area contributed by atoms with Crippen molar-refractivity contribution in [1.82, 2.24) is 4.90 Å². The number of benzene rings is 2. The molecular formula is C33H41F6N5O11S3. The number of fused-ring (bicyclic) bond motifs is 4. The number of rotatable bonds is 8. The molecule has 0 aromatic heterocycles. The number of halogens is 6. The van der Waals surface area contributed by atoms with Crippen LogP contribution in [0.2, 0.25) is 0 Å². The lowest BCUT2D eigenvalue weighted by Crippen LogP contribution is -2.76. The van der Waals surface area contributed by atoms with E-state index in [0.717, 1.165) is 88.8 Å². The number of nitrogens with zero attached hydrogens (tertiary/aromatic N) is 4. The quantitative estimate of drug-likeness (QED) is 0.126. The molecule has 2 aromatic carbocycles. The summed E-state index contributed by atoms with van der Waals surface area (Å²) in [6.45, 7) is 13.3. The molecule has 25 heteroatoms. The second kappa shape index (κ2) is 15.1. The van der Waals surface area contributed by atoms with Crippen LogP contribution >= 0.6 is 0 Å². The number of aliphatic hydroxyl groups is 1. The molecule has 3 N–H and O–H groups in total. The zero-order valence-electron chi connectivity index (χ0n) is 31.2. The summed E-state index contributed by atoms with van der Waals surface area (Å²) >= 11 is 0. The van der Waals surface area contributed by atoms with Gasteiger partial charge in [0.1, 0.15) is 39.3 Å². The molecule has 0 saturated carbocycles. The number of allylic oxidation sites excluding steroid dienone is 1. The van der Waals surface area contributed by atoms with Gasteiger partial charge < -0.3 is 33.8 Å². The number of sulfonamides is 1. The summed E-state index contributed by atoms with van der Waals surface area (Å²) in [5.41, 5.74) is -2.15. The number of hydrogen-bond donors (Lipinski definition) is 2. The third-order valence-electron chi connectivity index (χ3n) is 11.9. The van der Waals surface area contributed by atoms with Gasteiger partial charge in [-0.1, -0.05) is 25.1 Å². The van der Waals surface area contributed by atoms with Crippen molar-refractivity contribution in [2.24, 2.45) is 17.6 Å². The van der Waals surface area contributed by atoms with Gasteiger partial charge in [-0.3, -0.25) is 13.9 Å². The minimum absolute atomic E-state index is 0.0423. The van der Waals surface area contributed by atoms with E-state index < -0.39 is 53.3 Å². The molecule has 6 heterocycles. The van der Waals surface area contributed by atoms with E-state index in [2.05, 4.69) is 0 Å². The molecule has 2 amide bonds. The molecule has 0 spiro atoms. The SMILES string of the molecule is CC1=C(CN2c3cccc4c(CC[N+]56CC[N+](CC(N)=O)(CC5)CC6)ccc(c34)S2(=O)=O)[C@H](C)[C@@H]2[C@@H]([C@@H](C)O)C(=O)N12.O=S(=O)([O-])C(F)(F)F.O=S(=O)([O-])C(F)(F)F. The number of nitrogens with two attached hydrogens (primary N) is 1. The molecule has 8 rings (SSSR count). The van der Waals surface area contributed by atoms with E-state index in [0.29, 0.717) is 17.1 Å². The first-order chi connectivity index (χ1) is 26.4. The maximum atomic E-state index is 14.0. The van der Waals surface area contributed by atoms with Gasteiger partial charge in [-0.15, -0.1) is 0 Å². The van der Waals surface area contributed by atoms with Gasteiger partial charge in [0.2, 0.25) is 5.91 Å². The molecule has 0 unspecified atom stereocenters. The van der Waals surface area contributed by atoms with Gasteiger partial charge in [-0.05, 0) is 42.5 Å². The highest BCUT2D eigenvalue weighted by molar-refractivity contribution is 7.93. The summed E-state index contributed by atoms with van der Waals surface area (Å²) in [5, 5.41) is 12.0. The number of amides is 2. The topological polar surface area (TPSA) is 235 Å². The zero-order valence-corrected chi connectivity index (χ0v) is 33.6. The van der Waals surface area contributed by atoms with Crippen LogP contribution in [-0.4, -0.2) is 147 Å². The number of primary amides is 1. The molecule has 4 atom stereocenters. The average Bonchev–Trinajstić information content (AvgIpc) is 3.42. The fourth-order valence-corrected chi connectivity index (χ4v) is 10.4. The largest absolute Gasteiger partial charge is 0.741 e. The summed E-state index contributed by atoms with van der Waals surface area (Å²) in [6, 6.07) is 9.52. The molecule has 2 bridgehead atoms. The highest BCUT2D eigenvalue weighted by Gasteiger charge is 2.58. The van der Waals surface area contributed by atoms with Crippen molar-refractivity contribution in [1.29, 1.82) is 0 Å². The van der Waals surface area contributed by atoms with Gasteiger partial charge in [0.25, 0.3) is 15.9 Å². The molecular weight excluding hydrogens is 853 g/mol. The highest BCUT2D eigenvalue weighted by atomic mass is 32.2.